The standard InChI is InChI=1S/C13H10BrN3O2/c14-10-7-4-8-15-11(10)16-13(19)17-12(18)9-5-2-1-3-6-9/h1-8H,(H2,15,16,17,18,19). The van der Waals surface area contributed by atoms with E-state index in [1.54, 1.807) is 48.7 Å². The lowest BCUT2D eigenvalue weighted by atomic mass is 10.2. The van der Waals surface area contributed by atoms with Gasteiger partial charge in [-0.2, -0.15) is 0 Å². The van der Waals surface area contributed by atoms with E-state index in [9.17, 15) is 9.59 Å². The van der Waals surface area contributed by atoms with Crippen molar-refractivity contribution >= 4 is 33.7 Å². The monoisotopic (exact) mass is 319 g/mol. The molecule has 0 bridgehead atoms. The second kappa shape index (κ2) is 6.10. The van der Waals surface area contributed by atoms with Crippen LogP contribution in [0.25, 0.3) is 0 Å². The number of amides is 3. The molecule has 0 fully saturated rings. The van der Waals surface area contributed by atoms with Crippen LogP contribution in [0.1, 0.15) is 10.4 Å². The van der Waals surface area contributed by atoms with Crippen molar-refractivity contribution in [1.82, 2.24) is 10.3 Å². The highest BCUT2D eigenvalue weighted by atomic mass is 79.9. The molecule has 0 aliphatic carbocycles. The fraction of sp³-hybridized carbons (Fsp3) is 0. The van der Waals surface area contributed by atoms with E-state index in [0.29, 0.717) is 15.9 Å². The van der Waals surface area contributed by atoms with Crippen LogP contribution in [0, 0.1) is 0 Å². The van der Waals surface area contributed by atoms with E-state index >= 15 is 0 Å². The largest absolute Gasteiger partial charge is 0.327 e. The third-order valence-electron chi connectivity index (χ3n) is 2.25. The van der Waals surface area contributed by atoms with Gasteiger partial charge in [-0.15, -0.1) is 0 Å². The Morgan fingerprint density at radius 2 is 1.79 bits per heavy atom. The molecule has 2 rings (SSSR count). The smallest absolute Gasteiger partial charge is 0.291 e. The summed E-state index contributed by atoms with van der Waals surface area (Å²) in [6.45, 7) is 0. The molecule has 0 unspecified atom stereocenters. The minimum atomic E-state index is -0.631. The number of carbonyl (C=O) groups excluding carboxylic acids is 2. The maximum absolute atomic E-state index is 11.7. The first-order chi connectivity index (χ1) is 9.16. The summed E-state index contributed by atoms with van der Waals surface area (Å²) in [5.41, 5.74) is 0.415. The fourth-order valence-corrected chi connectivity index (χ4v) is 1.74. The molecule has 0 radical (unpaired) electrons. The zero-order valence-electron chi connectivity index (χ0n) is 9.76. The minimum Gasteiger partial charge on any atom is -0.291 e. The van der Waals surface area contributed by atoms with E-state index in [2.05, 4.69) is 31.5 Å². The summed E-state index contributed by atoms with van der Waals surface area (Å²) in [7, 11) is 0. The van der Waals surface area contributed by atoms with Crippen LogP contribution in [0.5, 0.6) is 0 Å². The number of benzene rings is 1. The SMILES string of the molecule is O=C(NC(=O)c1ccccc1)Nc1ncccc1Br. The molecule has 2 aromatic rings. The first-order valence-corrected chi connectivity index (χ1v) is 6.24. The van der Waals surface area contributed by atoms with Crippen LogP contribution >= 0.6 is 15.9 Å². The molecule has 0 saturated heterocycles. The lowest BCUT2D eigenvalue weighted by molar-refractivity contribution is 0.0967. The first-order valence-electron chi connectivity index (χ1n) is 5.45. The number of nitrogens with zero attached hydrogens (tertiary/aromatic N) is 1. The van der Waals surface area contributed by atoms with Crippen molar-refractivity contribution in [2.24, 2.45) is 0 Å². The molecule has 0 atom stereocenters. The van der Waals surface area contributed by atoms with Gasteiger partial charge in [0.1, 0.15) is 5.82 Å². The second-order valence-electron chi connectivity index (χ2n) is 3.61. The Balaban J connectivity index is 1.99. The zero-order valence-corrected chi connectivity index (χ0v) is 11.3. The average molecular weight is 320 g/mol. The quantitative estimate of drug-likeness (QED) is 0.894. The van der Waals surface area contributed by atoms with Crippen molar-refractivity contribution in [3.05, 3.63) is 58.7 Å². The van der Waals surface area contributed by atoms with Gasteiger partial charge in [-0.3, -0.25) is 15.4 Å². The summed E-state index contributed by atoms with van der Waals surface area (Å²) in [5.74, 6) is -0.119. The number of anilines is 1. The van der Waals surface area contributed by atoms with E-state index in [1.165, 1.54) is 0 Å². The summed E-state index contributed by atoms with van der Waals surface area (Å²) in [6, 6.07) is 11.3. The number of pyridine rings is 1. The molecule has 0 aliphatic heterocycles. The maximum Gasteiger partial charge on any atom is 0.327 e. The van der Waals surface area contributed by atoms with Crippen LogP contribution in [0.15, 0.2) is 53.1 Å². The third kappa shape index (κ3) is 3.62. The van der Waals surface area contributed by atoms with Gasteiger partial charge in [0.25, 0.3) is 5.91 Å². The number of aromatic nitrogens is 1. The van der Waals surface area contributed by atoms with Crippen LogP contribution in [-0.2, 0) is 0 Å². The van der Waals surface area contributed by atoms with Gasteiger partial charge in [0.15, 0.2) is 0 Å². The summed E-state index contributed by atoms with van der Waals surface area (Å²) in [5, 5.41) is 4.70. The predicted molar refractivity (Wildman–Crippen MR) is 74.9 cm³/mol. The Morgan fingerprint density at radius 3 is 2.47 bits per heavy atom. The van der Waals surface area contributed by atoms with Crippen molar-refractivity contribution < 1.29 is 9.59 Å². The predicted octanol–water partition coefficient (Wildman–Crippen LogP) is 2.81. The van der Waals surface area contributed by atoms with E-state index in [1.807, 2.05) is 0 Å². The van der Waals surface area contributed by atoms with Gasteiger partial charge in [-0.1, -0.05) is 18.2 Å². The summed E-state index contributed by atoms with van der Waals surface area (Å²) in [4.78, 5) is 27.3. The summed E-state index contributed by atoms with van der Waals surface area (Å²) in [6.07, 6.45) is 1.54. The van der Waals surface area contributed by atoms with Gasteiger partial charge < -0.3 is 0 Å². The van der Waals surface area contributed by atoms with Crippen LogP contribution in [0.4, 0.5) is 10.6 Å². The Morgan fingerprint density at radius 1 is 1.05 bits per heavy atom. The molecule has 1 heterocycles. The molecule has 19 heavy (non-hydrogen) atoms. The van der Waals surface area contributed by atoms with Crippen LogP contribution in [0.3, 0.4) is 0 Å². The van der Waals surface area contributed by atoms with E-state index in [4.69, 9.17) is 0 Å². The van der Waals surface area contributed by atoms with Gasteiger partial charge in [-0.25, -0.2) is 9.78 Å². The highest BCUT2D eigenvalue weighted by Crippen LogP contribution is 2.17. The van der Waals surface area contributed by atoms with Crippen LogP contribution in [-0.4, -0.2) is 16.9 Å². The Labute approximate surface area is 118 Å². The molecule has 0 saturated carbocycles. The number of urea groups is 1. The Bertz CT molecular complexity index is 602. The van der Waals surface area contributed by atoms with Crippen molar-refractivity contribution in [2.75, 3.05) is 5.32 Å². The van der Waals surface area contributed by atoms with Gasteiger partial charge in [0.05, 0.1) is 4.47 Å². The maximum atomic E-state index is 11.7. The van der Waals surface area contributed by atoms with Crippen molar-refractivity contribution in [1.29, 1.82) is 0 Å². The first kappa shape index (κ1) is 13.2. The molecule has 1 aromatic carbocycles. The van der Waals surface area contributed by atoms with Crippen molar-refractivity contribution in [3.63, 3.8) is 0 Å². The lowest BCUT2D eigenvalue weighted by Gasteiger charge is -2.07. The van der Waals surface area contributed by atoms with E-state index in [0.717, 1.165) is 0 Å². The van der Waals surface area contributed by atoms with E-state index in [-0.39, 0.29) is 0 Å². The Kier molecular flexibility index (Phi) is 4.25. The molecule has 0 aliphatic rings. The second-order valence-corrected chi connectivity index (χ2v) is 4.46. The number of hydrogen-bond acceptors (Lipinski definition) is 3. The van der Waals surface area contributed by atoms with Gasteiger partial charge in [-0.05, 0) is 40.2 Å². The molecule has 6 heteroatoms. The highest BCUT2D eigenvalue weighted by molar-refractivity contribution is 9.10. The van der Waals surface area contributed by atoms with Gasteiger partial charge in [0.2, 0.25) is 0 Å². The number of carbonyl (C=O) groups is 2. The average Bonchev–Trinajstić information content (AvgIpc) is 2.42. The minimum absolute atomic E-state index is 0.348. The zero-order chi connectivity index (χ0) is 13.7. The van der Waals surface area contributed by atoms with Crippen LogP contribution < -0.4 is 10.6 Å². The molecule has 0 spiro atoms. The lowest BCUT2D eigenvalue weighted by Crippen LogP contribution is -2.34. The van der Waals surface area contributed by atoms with Crippen molar-refractivity contribution in [3.8, 4) is 0 Å². The van der Waals surface area contributed by atoms with Gasteiger partial charge >= 0.3 is 6.03 Å². The fourth-order valence-electron chi connectivity index (χ4n) is 1.38. The molecule has 5 nitrogen and oxygen atoms in total. The highest BCUT2D eigenvalue weighted by Gasteiger charge is 2.11. The number of imide groups is 1. The molecule has 96 valence electrons. The number of halogens is 1. The molecular formula is C13H10BrN3O2. The normalized spacial score (nSPS) is 9.74. The number of rotatable bonds is 2. The molecular weight excluding hydrogens is 310 g/mol. The molecule has 3 amide bonds. The Hall–Kier alpha value is -2.21. The topological polar surface area (TPSA) is 71.1 Å². The molecule has 1 aromatic heterocycles. The van der Waals surface area contributed by atoms with E-state index < -0.39 is 11.9 Å². The number of hydrogen-bond donors (Lipinski definition) is 2. The van der Waals surface area contributed by atoms with Gasteiger partial charge in [0, 0.05) is 11.8 Å². The molecule has 2 N–H and O–H groups in total. The van der Waals surface area contributed by atoms with Crippen molar-refractivity contribution in [2.45, 2.75) is 0 Å². The number of nitrogens with one attached hydrogen (secondary N) is 2. The summed E-state index contributed by atoms with van der Waals surface area (Å²) >= 11 is 3.25. The third-order valence-corrected chi connectivity index (χ3v) is 2.89. The van der Waals surface area contributed by atoms with Crippen LogP contribution in [0.2, 0.25) is 0 Å². The summed E-state index contributed by atoms with van der Waals surface area (Å²) < 4.78 is 0.636.